The monoisotopic (exact) mass is 332 g/mol. The van der Waals surface area contributed by atoms with E-state index in [1.807, 2.05) is 24.3 Å². The maximum Gasteiger partial charge on any atom is 0.218 e. The van der Waals surface area contributed by atoms with E-state index in [2.05, 4.69) is 15.9 Å². The molecule has 6 heteroatoms. The Balaban J connectivity index is 2.14. The molecule has 1 heterocycles. The predicted molar refractivity (Wildman–Crippen MR) is 75.5 cm³/mol. The molecule has 2 rings (SSSR count). The van der Waals surface area contributed by atoms with Crippen LogP contribution in [0.5, 0.6) is 0 Å². The van der Waals surface area contributed by atoms with E-state index < -0.39 is 10.0 Å². The average molecular weight is 333 g/mol. The van der Waals surface area contributed by atoms with Crippen molar-refractivity contribution in [3.05, 3.63) is 34.3 Å². The summed E-state index contributed by atoms with van der Waals surface area (Å²) in [5.74, 6) is 0.0524. The second-order valence-electron chi connectivity index (χ2n) is 4.53. The molecule has 1 unspecified atom stereocenters. The van der Waals surface area contributed by atoms with Gasteiger partial charge in [0.05, 0.1) is 5.75 Å². The highest BCUT2D eigenvalue weighted by molar-refractivity contribution is 9.10. The lowest BCUT2D eigenvalue weighted by Crippen LogP contribution is -2.40. The molecule has 100 valence electrons. The summed E-state index contributed by atoms with van der Waals surface area (Å²) in [5.41, 5.74) is 6.43. The maximum absolute atomic E-state index is 12.3. The first-order valence-electron chi connectivity index (χ1n) is 5.97. The number of hydrogen-bond donors (Lipinski definition) is 1. The lowest BCUT2D eigenvalue weighted by Gasteiger charge is -2.22. The van der Waals surface area contributed by atoms with E-state index in [0.29, 0.717) is 13.1 Å². The Morgan fingerprint density at radius 1 is 1.33 bits per heavy atom. The van der Waals surface area contributed by atoms with Gasteiger partial charge >= 0.3 is 0 Å². The summed E-state index contributed by atoms with van der Waals surface area (Å²) in [4.78, 5) is 0. The van der Waals surface area contributed by atoms with E-state index in [9.17, 15) is 8.42 Å². The summed E-state index contributed by atoms with van der Waals surface area (Å²) in [6, 6.07) is 7.35. The van der Waals surface area contributed by atoms with Crippen LogP contribution in [-0.4, -0.2) is 31.9 Å². The fourth-order valence-corrected chi connectivity index (χ4v) is 4.38. The van der Waals surface area contributed by atoms with Gasteiger partial charge in [0.25, 0.3) is 0 Å². The first-order chi connectivity index (χ1) is 8.53. The van der Waals surface area contributed by atoms with Gasteiger partial charge in [-0.1, -0.05) is 28.1 Å². The Labute approximate surface area is 116 Å². The zero-order valence-electron chi connectivity index (χ0n) is 10.0. The summed E-state index contributed by atoms with van der Waals surface area (Å²) < 4.78 is 27.1. The standard InChI is InChI=1S/C12H17BrN2O2S/c13-11-5-3-10(4-6-11)9-18(16,17)15-7-1-2-12(15)8-14/h3-6,12H,1-2,7-9,14H2. The van der Waals surface area contributed by atoms with Crippen LogP contribution in [-0.2, 0) is 15.8 Å². The molecule has 0 radical (unpaired) electrons. The van der Waals surface area contributed by atoms with Crippen molar-refractivity contribution in [2.45, 2.75) is 24.6 Å². The van der Waals surface area contributed by atoms with E-state index in [-0.39, 0.29) is 11.8 Å². The lowest BCUT2D eigenvalue weighted by molar-refractivity contribution is 0.392. The first kappa shape index (κ1) is 14.0. The number of nitrogens with zero attached hydrogens (tertiary/aromatic N) is 1. The summed E-state index contributed by atoms with van der Waals surface area (Å²) in [7, 11) is -3.25. The molecule has 18 heavy (non-hydrogen) atoms. The fraction of sp³-hybridized carbons (Fsp3) is 0.500. The van der Waals surface area contributed by atoms with Crippen molar-refractivity contribution in [2.24, 2.45) is 5.73 Å². The van der Waals surface area contributed by atoms with Crippen molar-refractivity contribution in [1.29, 1.82) is 0 Å². The zero-order valence-corrected chi connectivity index (χ0v) is 12.5. The third-order valence-electron chi connectivity index (χ3n) is 3.21. The number of nitrogens with two attached hydrogens (primary N) is 1. The Kier molecular flexibility index (Phi) is 4.42. The number of hydrogen-bond acceptors (Lipinski definition) is 3. The second-order valence-corrected chi connectivity index (χ2v) is 7.36. The van der Waals surface area contributed by atoms with Gasteiger partial charge in [-0.25, -0.2) is 8.42 Å². The van der Waals surface area contributed by atoms with Crippen LogP contribution < -0.4 is 5.73 Å². The van der Waals surface area contributed by atoms with Crippen LogP contribution in [0.25, 0.3) is 0 Å². The van der Waals surface area contributed by atoms with Gasteiger partial charge in [-0.05, 0) is 30.5 Å². The van der Waals surface area contributed by atoms with Gasteiger partial charge < -0.3 is 5.73 Å². The molecule has 1 saturated heterocycles. The number of benzene rings is 1. The smallest absolute Gasteiger partial charge is 0.218 e. The Bertz CT molecular complexity index is 501. The fourth-order valence-electron chi connectivity index (χ4n) is 2.29. The van der Waals surface area contributed by atoms with E-state index in [4.69, 9.17) is 5.73 Å². The van der Waals surface area contributed by atoms with Crippen molar-refractivity contribution in [1.82, 2.24) is 4.31 Å². The molecular formula is C12H17BrN2O2S. The van der Waals surface area contributed by atoms with Crippen LogP contribution in [0.2, 0.25) is 0 Å². The Morgan fingerprint density at radius 3 is 2.61 bits per heavy atom. The third kappa shape index (κ3) is 3.12. The molecule has 1 aromatic carbocycles. The van der Waals surface area contributed by atoms with E-state index >= 15 is 0 Å². The highest BCUT2D eigenvalue weighted by atomic mass is 79.9. The molecule has 1 atom stereocenters. The number of sulfonamides is 1. The lowest BCUT2D eigenvalue weighted by atomic mass is 10.2. The molecule has 1 aliphatic rings. The van der Waals surface area contributed by atoms with Crippen molar-refractivity contribution in [3.8, 4) is 0 Å². The maximum atomic E-state index is 12.3. The van der Waals surface area contributed by atoms with Gasteiger partial charge in [-0.2, -0.15) is 4.31 Å². The molecule has 0 aliphatic carbocycles. The summed E-state index contributed by atoms with van der Waals surface area (Å²) >= 11 is 3.34. The van der Waals surface area contributed by atoms with Gasteiger partial charge in [0.15, 0.2) is 0 Å². The van der Waals surface area contributed by atoms with Gasteiger partial charge in [0, 0.05) is 23.6 Å². The Hall–Kier alpha value is -0.430. The van der Waals surface area contributed by atoms with Crippen molar-refractivity contribution < 1.29 is 8.42 Å². The minimum absolute atomic E-state index is 0.0227. The molecule has 1 aromatic rings. The highest BCUT2D eigenvalue weighted by Crippen LogP contribution is 2.23. The van der Waals surface area contributed by atoms with Gasteiger partial charge in [-0.3, -0.25) is 0 Å². The van der Waals surface area contributed by atoms with Crippen LogP contribution in [0.1, 0.15) is 18.4 Å². The molecule has 0 bridgehead atoms. The average Bonchev–Trinajstić information content (AvgIpc) is 2.81. The normalized spacial score (nSPS) is 21.3. The quantitative estimate of drug-likeness (QED) is 0.912. The van der Waals surface area contributed by atoms with E-state index in [0.717, 1.165) is 22.9 Å². The number of halogens is 1. The van der Waals surface area contributed by atoms with Gasteiger partial charge in [0.2, 0.25) is 10.0 Å². The SMILES string of the molecule is NCC1CCCN1S(=O)(=O)Cc1ccc(Br)cc1. The molecule has 0 saturated carbocycles. The summed E-state index contributed by atoms with van der Waals surface area (Å²) in [5, 5.41) is 0. The Morgan fingerprint density at radius 2 is 2.00 bits per heavy atom. The van der Waals surface area contributed by atoms with Crippen LogP contribution in [0, 0.1) is 0 Å². The van der Waals surface area contributed by atoms with E-state index in [1.54, 1.807) is 4.31 Å². The van der Waals surface area contributed by atoms with Crippen molar-refractivity contribution in [3.63, 3.8) is 0 Å². The van der Waals surface area contributed by atoms with Gasteiger partial charge in [-0.15, -0.1) is 0 Å². The second kappa shape index (κ2) is 5.69. The minimum Gasteiger partial charge on any atom is -0.329 e. The molecule has 2 N–H and O–H groups in total. The van der Waals surface area contributed by atoms with Crippen LogP contribution in [0.15, 0.2) is 28.7 Å². The summed E-state index contributed by atoms with van der Waals surface area (Å²) in [6.07, 6.45) is 1.78. The minimum atomic E-state index is -3.25. The van der Waals surface area contributed by atoms with Crippen LogP contribution in [0.4, 0.5) is 0 Å². The highest BCUT2D eigenvalue weighted by Gasteiger charge is 2.33. The molecule has 1 aliphatic heterocycles. The summed E-state index contributed by atoms with van der Waals surface area (Å²) in [6.45, 7) is 1.00. The molecule has 4 nitrogen and oxygen atoms in total. The van der Waals surface area contributed by atoms with Crippen molar-refractivity contribution >= 4 is 26.0 Å². The van der Waals surface area contributed by atoms with Crippen LogP contribution in [0.3, 0.4) is 0 Å². The number of rotatable bonds is 4. The first-order valence-corrected chi connectivity index (χ1v) is 8.37. The topological polar surface area (TPSA) is 63.4 Å². The third-order valence-corrected chi connectivity index (χ3v) is 5.64. The molecule has 0 aromatic heterocycles. The molecule has 0 amide bonds. The largest absolute Gasteiger partial charge is 0.329 e. The van der Waals surface area contributed by atoms with Crippen LogP contribution >= 0.6 is 15.9 Å². The predicted octanol–water partition coefficient (Wildman–Crippen LogP) is 1.70. The molecule has 1 fully saturated rings. The molecule has 0 spiro atoms. The molecular weight excluding hydrogens is 316 g/mol. The van der Waals surface area contributed by atoms with Gasteiger partial charge in [0.1, 0.15) is 0 Å². The van der Waals surface area contributed by atoms with E-state index in [1.165, 1.54) is 0 Å². The van der Waals surface area contributed by atoms with Crippen molar-refractivity contribution in [2.75, 3.05) is 13.1 Å². The zero-order chi connectivity index (χ0) is 13.2.